The number of hydrogen-bond acceptors (Lipinski definition) is 6. The van der Waals surface area contributed by atoms with Crippen LogP contribution < -0.4 is 16.0 Å². The molecule has 3 aromatic rings. The maximum Gasteiger partial charge on any atom is 0.253 e. The first-order chi connectivity index (χ1) is 18.0. The second-order valence-corrected chi connectivity index (χ2v) is 11.3. The number of nitrogens with one attached hydrogen (secondary N) is 3. The molecule has 3 rings (SSSR count). The number of carbonyl (C=O) groups is 2. The molecule has 0 saturated carbocycles. The van der Waals surface area contributed by atoms with Gasteiger partial charge in [0.1, 0.15) is 5.69 Å². The van der Waals surface area contributed by atoms with Crippen LogP contribution in [0.25, 0.3) is 11.4 Å². The highest BCUT2D eigenvalue weighted by Gasteiger charge is 2.16. The second-order valence-electron chi connectivity index (χ2n) is 10.5. The van der Waals surface area contributed by atoms with Crippen LogP contribution in [-0.2, 0) is 10.3 Å². The van der Waals surface area contributed by atoms with Gasteiger partial charge in [0, 0.05) is 29.0 Å². The van der Waals surface area contributed by atoms with E-state index < -0.39 is 0 Å². The van der Waals surface area contributed by atoms with Crippen molar-refractivity contribution in [3.05, 3.63) is 53.3 Å². The van der Waals surface area contributed by atoms with Crippen LogP contribution in [0.2, 0.25) is 0 Å². The van der Waals surface area contributed by atoms with Crippen LogP contribution in [0.15, 0.2) is 42.0 Å². The summed E-state index contributed by atoms with van der Waals surface area (Å²) < 4.78 is 1.96. The first-order valence-electron chi connectivity index (χ1n) is 13.4. The first-order valence-corrected chi connectivity index (χ1v) is 14.3. The van der Waals surface area contributed by atoms with Gasteiger partial charge in [-0.1, -0.05) is 33.3 Å². The molecule has 3 heterocycles. The number of pyridine rings is 1. The molecule has 0 aliphatic rings. The minimum Gasteiger partial charge on any atom is -0.348 e. The van der Waals surface area contributed by atoms with E-state index in [1.165, 1.54) is 43.7 Å². The Morgan fingerprint density at radius 1 is 1.08 bits per heavy atom. The van der Waals surface area contributed by atoms with Crippen LogP contribution in [0.5, 0.6) is 0 Å². The lowest BCUT2D eigenvalue weighted by Crippen LogP contribution is -2.32. The van der Waals surface area contributed by atoms with Gasteiger partial charge in [-0.15, -0.1) is 11.3 Å². The predicted molar refractivity (Wildman–Crippen MR) is 158 cm³/mol. The fourth-order valence-corrected chi connectivity index (χ4v) is 4.08. The highest BCUT2D eigenvalue weighted by Crippen LogP contribution is 2.23. The van der Waals surface area contributed by atoms with Gasteiger partial charge in [0.05, 0.1) is 17.8 Å². The summed E-state index contributed by atoms with van der Waals surface area (Å²) in [6.07, 6.45) is 7.52. The SMILES string of the molecule is CCCNCCC(C)CC.Cc1cccc(-c2csc(NC(=O)CNC(=O)c3ccn(C(C)(C)C)c3)n2)n1. The Hall–Kier alpha value is -3.04. The Morgan fingerprint density at radius 3 is 2.47 bits per heavy atom. The number of anilines is 1. The van der Waals surface area contributed by atoms with Gasteiger partial charge < -0.3 is 20.5 Å². The fourth-order valence-electron chi connectivity index (χ4n) is 3.36. The molecule has 0 bridgehead atoms. The van der Waals surface area contributed by atoms with E-state index in [0.29, 0.717) is 16.4 Å². The van der Waals surface area contributed by atoms with Gasteiger partial charge in [-0.25, -0.2) is 4.98 Å². The average Bonchev–Trinajstić information content (AvgIpc) is 3.56. The number of carbonyl (C=O) groups excluding carboxylic acids is 2. The first kappa shape index (κ1) is 31.2. The minimum absolute atomic E-state index is 0.107. The molecule has 9 heteroatoms. The molecule has 3 N–H and O–H groups in total. The highest BCUT2D eigenvalue weighted by atomic mass is 32.1. The van der Waals surface area contributed by atoms with Gasteiger partial charge in [0.2, 0.25) is 5.91 Å². The van der Waals surface area contributed by atoms with E-state index in [0.717, 1.165) is 17.3 Å². The third-order valence-corrected chi connectivity index (χ3v) is 6.74. The molecule has 0 radical (unpaired) electrons. The zero-order chi connectivity index (χ0) is 28.1. The van der Waals surface area contributed by atoms with Crippen molar-refractivity contribution in [3.63, 3.8) is 0 Å². The summed E-state index contributed by atoms with van der Waals surface area (Å²) in [5.74, 6) is 0.271. The van der Waals surface area contributed by atoms with Crippen molar-refractivity contribution in [3.8, 4) is 11.4 Å². The van der Waals surface area contributed by atoms with Crippen molar-refractivity contribution >= 4 is 28.3 Å². The smallest absolute Gasteiger partial charge is 0.253 e. The summed E-state index contributed by atoms with van der Waals surface area (Å²) in [7, 11) is 0. The minimum atomic E-state index is -0.332. The molecule has 0 saturated heterocycles. The summed E-state index contributed by atoms with van der Waals surface area (Å²) in [4.78, 5) is 33.2. The molecule has 2 amide bonds. The van der Waals surface area contributed by atoms with E-state index >= 15 is 0 Å². The lowest BCUT2D eigenvalue weighted by Gasteiger charge is -2.20. The number of nitrogens with zero attached hydrogens (tertiary/aromatic N) is 3. The number of thiazole rings is 1. The largest absolute Gasteiger partial charge is 0.348 e. The van der Waals surface area contributed by atoms with Crippen LogP contribution in [-0.4, -0.2) is 46.0 Å². The Bertz CT molecular complexity index is 1150. The number of aryl methyl sites for hydroxylation is 1. The quantitative estimate of drug-likeness (QED) is 0.265. The molecule has 0 aliphatic carbocycles. The van der Waals surface area contributed by atoms with E-state index in [9.17, 15) is 9.59 Å². The maximum atomic E-state index is 12.2. The molecule has 3 aromatic heterocycles. The van der Waals surface area contributed by atoms with Crippen molar-refractivity contribution in [1.29, 1.82) is 0 Å². The zero-order valence-corrected chi connectivity index (χ0v) is 24.7. The highest BCUT2D eigenvalue weighted by molar-refractivity contribution is 7.14. The molecule has 8 nitrogen and oxygen atoms in total. The maximum absolute atomic E-state index is 12.2. The number of amides is 2. The topological polar surface area (TPSA) is 101 Å². The molecule has 1 atom stereocenters. The third-order valence-electron chi connectivity index (χ3n) is 5.98. The van der Waals surface area contributed by atoms with Gasteiger partial charge >= 0.3 is 0 Å². The molecular weight excluding hydrogens is 496 g/mol. The van der Waals surface area contributed by atoms with Crippen LogP contribution in [0.4, 0.5) is 5.13 Å². The molecule has 0 aromatic carbocycles. The van der Waals surface area contributed by atoms with Gasteiger partial charge in [-0.3, -0.25) is 14.6 Å². The predicted octanol–water partition coefficient (Wildman–Crippen LogP) is 5.86. The van der Waals surface area contributed by atoms with Crippen molar-refractivity contribution in [2.24, 2.45) is 5.92 Å². The Kier molecular flexibility index (Phi) is 12.6. The molecule has 0 fully saturated rings. The lowest BCUT2D eigenvalue weighted by atomic mass is 10.1. The average molecular weight is 541 g/mol. The van der Waals surface area contributed by atoms with E-state index in [1.807, 2.05) is 41.3 Å². The summed E-state index contributed by atoms with van der Waals surface area (Å²) >= 11 is 1.32. The van der Waals surface area contributed by atoms with Gasteiger partial charge in [0.15, 0.2) is 5.13 Å². The standard InChI is InChI=1S/C20H23N5O2S.C9H21N/c1-13-6-5-7-15(22-13)16-12-28-19(23-16)24-17(26)10-21-18(27)14-8-9-25(11-14)20(2,3)4;1-4-7-10-8-6-9(3)5-2/h5-9,11-12H,10H2,1-4H3,(H,21,27)(H,23,24,26);9-10H,4-8H2,1-3H3. The van der Waals surface area contributed by atoms with Crippen molar-refractivity contribution in [2.75, 3.05) is 25.0 Å². The monoisotopic (exact) mass is 540 g/mol. The molecule has 38 heavy (non-hydrogen) atoms. The van der Waals surface area contributed by atoms with Gasteiger partial charge in [-0.05, 0) is 77.7 Å². The second kappa shape index (κ2) is 15.4. The Labute approximate surface area is 231 Å². The summed E-state index contributed by atoms with van der Waals surface area (Å²) in [6.45, 7) is 17.1. The summed E-state index contributed by atoms with van der Waals surface area (Å²) in [6, 6.07) is 7.44. The number of hydrogen-bond donors (Lipinski definition) is 3. The van der Waals surface area contributed by atoms with Crippen molar-refractivity contribution in [1.82, 2.24) is 25.2 Å². The Morgan fingerprint density at radius 2 is 1.84 bits per heavy atom. The van der Waals surface area contributed by atoms with Crippen LogP contribution >= 0.6 is 11.3 Å². The summed E-state index contributed by atoms with van der Waals surface area (Å²) in [5, 5.41) is 11.0. The van der Waals surface area contributed by atoms with Crippen LogP contribution in [0.3, 0.4) is 0 Å². The molecule has 0 spiro atoms. The van der Waals surface area contributed by atoms with E-state index in [2.05, 4.69) is 67.5 Å². The summed E-state index contributed by atoms with van der Waals surface area (Å²) in [5.41, 5.74) is 2.78. The Balaban J connectivity index is 0.000000432. The van der Waals surface area contributed by atoms with E-state index in [4.69, 9.17) is 0 Å². The normalized spacial score (nSPS) is 11.9. The molecule has 208 valence electrons. The van der Waals surface area contributed by atoms with E-state index in [-0.39, 0.29) is 23.9 Å². The lowest BCUT2D eigenvalue weighted by molar-refractivity contribution is -0.115. The third kappa shape index (κ3) is 10.8. The zero-order valence-electron chi connectivity index (χ0n) is 23.9. The fraction of sp³-hybridized carbons (Fsp3) is 0.517. The van der Waals surface area contributed by atoms with Gasteiger partial charge in [0.25, 0.3) is 5.91 Å². The number of aromatic nitrogens is 3. The molecular formula is C29H44N6O2S. The van der Waals surface area contributed by atoms with Crippen molar-refractivity contribution in [2.45, 2.75) is 73.3 Å². The molecule has 1 unspecified atom stereocenters. The van der Waals surface area contributed by atoms with Crippen LogP contribution in [0, 0.1) is 12.8 Å². The number of rotatable bonds is 11. The van der Waals surface area contributed by atoms with Crippen LogP contribution in [0.1, 0.15) is 76.9 Å². The molecule has 0 aliphatic heterocycles. The van der Waals surface area contributed by atoms with Gasteiger partial charge in [-0.2, -0.15) is 0 Å². The van der Waals surface area contributed by atoms with Crippen molar-refractivity contribution < 1.29 is 9.59 Å². The van der Waals surface area contributed by atoms with E-state index in [1.54, 1.807) is 12.3 Å².